The molecule has 2 atom stereocenters. The van der Waals surface area contributed by atoms with Gasteiger partial charge in [0.15, 0.2) is 6.10 Å². The largest absolute Gasteiger partial charge is 0.480 e. The van der Waals surface area contributed by atoms with E-state index in [1.165, 1.54) is 12.0 Å². The third-order valence-electron chi connectivity index (χ3n) is 2.19. The van der Waals surface area contributed by atoms with Gasteiger partial charge in [-0.1, -0.05) is 6.92 Å². The first kappa shape index (κ1) is 15.8. The molecule has 0 heterocycles. The summed E-state index contributed by atoms with van der Waals surface area (Å²) in [7, 11) is 0. The smallest absolute Gasteiger partial charge is 0.334 e. The molecule has 0 amide bonds. The molecule has 100 valence electrons. The van der Waals surface area contributed by atoms with Gasteiger partial charge >= 0.3 is 11.9 Å². The first-order valence-electron chi connectivity index (χ1n) is 5.49. The second kappa shape index (κ2) is 7.99. The molecule has 0 aromatic carbocycles. The number of hydrogen-bond donors (Lipinski definition) is 3. The number of nitrogens with one attached hydrogen (secondary N) is 1. The number of aliphatic carboxylic acids is 2. The Morgan fingerprint density at radius 3 is 2.29 bits per heavy atom. The van der Waals surface area contributed by atoms with Gasteiger partial charge in [0.2, 0.25) is 0 Å². The summed E-state index contributed by atoms with van der Waals surface area (Å²) in [5.41, 5.74) is 0. The van der Waals surface area contributed by atoms with E-state index in [2.05, 4.69) is 5.32 Å². The van der Waals surface area contributed by atoms with Gasteiger partial charge in [-0.2, -0.15) is 5.06 Å². The van der Waals surface area contributed by atoms with E-state index in [1.807, 2.05) is 6.92 Å². The summed E-state index contributed by atoms with van der Waals surface area (Å²) < 4.78 is 0. The molecule has 7 heteroatoms. The van der Waals surface area contributed by atoms with Crippen molar-refractivity contribution in [1.82, 2.24) is 10.4 Å². The van der Waals surface area contributed by atoms with Crippen LogP contribution in [0.4, 0.5) is 0 Å². The van der Waals surface area contributed by atoms with E-state index in [0.717, 1.165) is 0 Å². The van der Waals surface area contributed by atoms with E-state index in [-0.39, 0.29) is 0 Å². The fourth-order valence-electron chi connectivity index (χ4n) is 1.05. The highest BCUT2D eigenvalue weighted by Crippen LogP contribution is 1.97. The lowest BCUT2D eigenvalue weighted by atomic mass is 10.3. The molecule has 0 spiro atoms. The fourth-order valence-corrected chi connectivity index (χ4v) is 1.05. The Morgan fingerprint density at radius 1 is 1.29 bits per heavy atom. The zero-order valence-corrected chi connectivity index (χ0v) is 10.3. The van der Waals surface area contributed by atoms with Crippen LogP contribution in [-0.2, 0) is 14.4 Å². The van der Waals surface area contributed by atoms with Crippen molar-refractivity contribution in [3.63, 3.8) is 0 Å². The highest BCUT2D eigenvalue weighted by Gasteiger charge is 2.16. The first-order chi connectivity index (χ1) is 7.88. The van der Waals surface area contributed by atoms with Gasteiger partial charge in [0.1, 0.15) is 6.04 Å². The number of hydroxylamine groups is 2. The molecule has 0 aromatic heterocycles. The summed E-state index contributed by atoms with van der Waals surface area (Å²) in [6, 6.07) is -0.634. The van der Waals surface area contributed by atoms with Crippen LogP contribution in [0.3, 0.4) is 0 Å². The van der Waals surface area contributed by atoms with Crippen LogP contribution < -0.4 is 5.32 Å². The molecule has 0 aromatic rings. The molecule has 0 bridgehead atoms. The third-order valence-corrected chi connectivity index (χ3v) is 2.19. The molecule has 3 N–H and O–H groups in total. The molecule has 0 aliphatic carbocycles. The van der Waals surface area contributed by atoms with E-state index >= 15 is 0 Å². The Kier molecular flexibility index (Phi) is 7.44. The van der Waals surface area contributed by atoms with Crippen LogP contribution in [0.25, 0.3) is 0 Å². The van der Waals surface area contributed by atoms with E-state index in [9.17, 15) is 9.59 Å². The van der Waals surface area contributed by atoms with Crippen molar-refractivity contribution in [2.75, 3.05) is 19.6 Å². The average molecular weight is 248 g/mol. The normalized spacial score (nSPS) is 14.6. The van der Waals surface area contributed by atoms with Gasteiger partial charge in [-0.15, -0.1) is 0 Å². The standard InChI is InChI=1S/C10H20N2O5/c1-4-12(17-8(3)10(15)16)6-5-11-7(2)9(13)14/h7-8,11H,4-6H2,1-3H3,(H,13,14)(H,15,16). The first-order valence-corrected chi connectivity index (χ1v) is 5.49. The molecule has 0 saturated carbocycles. The molecule has 0 fully saturated rings. The minimum Gasteiger partial charge on any atom is -0.480 e. The van der Waals surface area contributed by atoms with Crippen molar-refractivity contribution in [3.05, 3.63) is 0 Å². The number of carboxylic acids is 2. The SMILES string of the molecule is CCN(CCNC(C)C(=O)O)OC(C)C(=O)O. The third kappa shape index (κ3) is 6.88. The number of carbonyl (C=O) groups is 2. The van der Waals surface area contributed by atoms with Crippen molar-refractivity contribution in [3.8, 4) is 0 Å². The van der Waals surface area contributed by atoms with Gasteiger partial charge in [-0.25, -0.2) is 4.79 Å². The van der Waals surface area contributed by atoms with E-state index in [1.54, 1.807) is 6.92 Å². The number of rotatable bonds is 9. The molecule has 2 unspecified atom stereocenters. The van der Waals surface area contributed by atoms with Crippen LogP contribution in [0.5, 0.6) is 0 Å². The molecule has 0 aliphatic rings. The van der Waals surface area contributed by atoms with Crippen LogP contribution in [0, 0.1) is 0 Å². The van der Waals surface area contributed by atoms with Crippen molar-refractivity contribution >= 4 is 11.9 Å². The van der Waals surface area contributed by atoms with Gasteiger partial charge in [0.05, 0.1) is 0 Å². The maximum absolute atomic E-state index is 10.6. The molecular formula is C10H20N2O5. The molecule has 17 heavy (non-hydrogen) atoms. The number of hydrogen-bond acceptors (Lipinski definition) is 5. The monoisotopic (exact) mass is 248 g/mol. The quantitative estimate of drug-likeness (QED) is 0.485. The molecule has 0 aliphatic heterocycles. The summed E-state index contributed by atoms with van der Waals surface area (Å²) in [6.45, 7) is 6.17. The number of carboxylic acid groups (broad SMARTS) is 2. The zero-order valence-electron chi connectivity index (χ0n) is 10.3. The van der Waals surface area contributed by atoms with Crippen LogP contribution in [0.2, 0.25) is 0 Å². The minimum absolute atomic E-state index is 0.410. The molecule has 0 saturated heterocycles. The lowest BCUT2D eigenvalue weighted by Gasteiger charge is -2.22. The molecule has 0 radical (unpaired) electrons. The number of nitrogens with zero attached hydrogens (tertiary/aromatic N) is 1. The van der Waals surface area contributed by atoms with E-state index < -0.39 is 24.1 Å². The Morgan fingerprint density at radius 2 is 1.88 bits per heavy atom. The average Bonchev–Trinajstić information content (AvgIpc) is 2.26. The van der Waals surface area contributed by atoms with Gasteiger partial charge in [-0.3, -0.25) is 9.63 Å². The van der Waals surface area contributed by atoms with E-state index in [0.29, 0.717) is 19.6 Å². The summed E-state index contributed by atoms with van der Waals surface area (Å²) in [5, 5.41) is 21.6. The van der Waals surface area contributed by atoms with Crippen LogP contribution in [0.1, 0.15) is 20.8 Å². The topological polar surface area (TPSA) is 99.1 Å². The zero-order chi connectivity index (χ0) is 13.4. The molecular weight excluding hydrogens is 228 g/mol. The van der Waals surface area contributed by atoms with E-state index in [4.69, 9.17) is 15.1 Å². The lowest BCUT2D eigenvalue weighted by Crippen LogP contribution is -2.41. The second-order valence-electron chi connectivity index (χ2n) is 3.62. The molecule has 7 nitrogen and oxygen atoms in total. The Bertz CT molecular complexity index is 259. The van der Waals surface area contributed by atoms with Crippen molar-refractivity contribution in [2.24, 2.45) is 0 Å². The van der Waals surface area contributed by atoms with Crippen molar-refractivity contribution in [1.29, 1.82) is 0 Å². The van der Waals surface area contributed by atoms with Crippen LogP contribution >= 0.6 is 0 Å². The van der Waals surface area contributed by atoms with Gasteiger partial charge in [0.25, 0.3) is 0 Å². The maximum atomic E-state index is 10.6. The summed E-state index contributed by atoms with van der Waals surface area (Å²) in [4.78, 5) is 26.3. The fraction of sp³-hybridized carbons (Fsp3) is 0.800. The lowest BCUT2D eigenvalue weighted by molar-refractivity contribution is -0.204. The minimum atomic E-state index is -1.03. The predicted octanol–water partition coefficient (Wildman–Crippen LogP) is -0.224. The Hall–Kier alpha value is -1.18. The Balaban J connectivity index is 3.90. The van der Waals surface area contributed by atoms with Crippen LogP contribution in [-0.4, -0.2) is 59.0 Å². The molecule has 0 rings (SSSR count). The second-order valence-corrected chi connectivity index (χ2v) is 3.62. The van der Waals surface area contributed by atoms with Crippen molar-refractivity contribution in [2.45, 2.75) is 32.9 Å². The van der Waals surface area contributed by atoms with Crippen LogP contribution in [0.15, 0.2) is 0 Å². The summed E-state index contributed by atoms with van der Waals surface area (Å²) in [5.74, 6) is -1.96. The van der Waals surface area contributed by atoms with Gasteiger partial charge < -0.3 is 15.5 Å². The number of likely N-dealkylation sites (N-methyl/N-ethyl adjacent to an activating group) is 1. The predicted molar refractivity (Wildman–Crippen MR) is 60.5 cm³/mol. The van der Waals surface area contributed by atoms with Gasteiger partial charge in [-0.05, 0) is 13.8 Å². The summed E-state index contributed by atoms with van der Waals surface area (Å²) >= 11 is 0. The summed E-state index contributed by atoms with van der Waals surface area (Å²) in [6.07, 6.45) is -0.910. The maximum Gasteiger partial charge on any atom is 0.334 e. The van der Waals surface area contributed by atoms with Crippen molar-refractivity contribution < 1.29 is 24.6 Å². The highest BCUT2D eigenvalue weighted by atomic mass is 16.7. The Labute approximate surface area is 100 Å². The van der Waals surface area contributed by atoms with Gasteiger partial charge in [0, 0.05) is 19.6 Å². The highest BCUT2D eigenvalue weighted by molar-refractivity contribution is 5.72.